The van der Waals surface area contributed by atoms with Crippen LogP contribution in [0.2, 0.25) is 0 Å². The fourth-order valence-corrected chi connectivity index (χ4v) is 2.18. The fourth-order valence-electron chi connectivity index (χ4n) is 2.18. The van der Waals surface area contributed by atoms with Crippen LogP contribution < -0.4 is 10.1 Å². The summed E-state index contributed by atoms with van der Waals surface area (Å²) in [6.07, 6.45) is 5.28. The van der Waals surface area contributed by atoms with Gasteiger partial charge in [0, 0.05) is 30.7 Å². The molecule has 0 unspecified atom stereocenters. The van der Waals surface area contributed by atoms with Crippen LogP contribution in [0.1, 0.15) is 15.9 Å². The van der Waals surface area contributed by atoms with Crippen LogP contribution in [0, 0.1) is 0 Å². The molecule has 2 aromatic heterocycles. The molecular formula is C16H15N3O2. The van der Waals surface area contributed by atoms with Gasteiger partial charge in [0.25, 0.3) is 5.91 Å². The average Bonchev–Trinajstić information content (AvgIpc) is 3.00. The zero-order valence-corrected chi connectivity index (χ0v) is 11.6. The van der Waals surface area contributed by atoms with E-state index in [0.29, 0.717) is 12.1 Å². The van der Waals surface area contributed by atoms with E-state index in [0.717, 1.165) is 17.0 Å². The van der Waals surface area contributed by atoms with E-state index < -0.39 is 0 Å². The number of hydrogen-bond donors (Lipinski definition) is 1. The highest BCUT2D eigenvalue weighted by molar-refractivity contribution is 5.94. The number of imidazole rings is 1. The van der Waals surface area contributed by atoms with Crippen molar-refractivity contribution >= 4 is 11.6 Å². The minimum absolute atomic E-state index is 0.128. The number of nitrogens with one attached hydrogen (secondary N) is 1. The Labute approximate surface area is 122 Å². The normalized spacial score (nSPS) is 10.5. The Morgan fingerprint density at radius 1 is 1.29 bits per heavy atom. The molecule has 0 aliphatic carbocycles. The minimum atomic E-state index is -0.128. The summed E-state index contributed by atoms with van der Waals surface area (Å²) in [7, 11) is 1.62. The molecule has 1 aromatic carbocycles. The summed E-state index contributed by atoms with van der Waals surface area (Å²) in [4.78, 5) is 16.3. The minimum Gasteiger partial charge on any atom is -0.496 e. The Bertz CT molecular complexity index is 780. The number of hydrogen-bond acceptors (Lipinski definition) is 3. The molecule has 1 amide bonds. The molecule has 5 nitrogen and oxygen atoms in total. The first-order valence-electron chi connectivity index (χ1n) is 6.61. The molecule has 0 saturated heterocycles. The molecule has 0 aliphatic rings. The number of ether oxygens (including phenoxy) is 1. The van der Waals surface area contributed by atoms with Gasteiger partial charge in [-0.25, -0.2) is 4.98 Å². The van der Waals surface area contributed by atoms with Crippen molar-refractivity contribution in [2.45, 2.75) is 6.54 Å². The molecule has 0 aliphatic heterocycles. The highest BCUT2D eigenvalue weighted by atomic mass is 16.5. The number of benzene rings is 1. The molecule has 106 valence electrons. The second-order valence-corrected chi connectivity index (χ2v) is 4.61. The van der Waals surface area contributed by atoms with Crippen molar-refractivity contribution in [3.63, 3.8) is 0 Å². The van der Waals surface area contributed by atoms with Gasteiger partial charge in [-0.15, -0.1) is 0 Å². The van der Waals surface area contributed by atoms with Crippen molar-refractivity contribution in [3.05, 3.63) is 66.1 Å². The second-order valence-electron chi connectivity index (χ2n) is 4.61. The lowest BCUT2D eigenvalue weighted by Gasteiger charge is -2.09. The van der Waals surface area contributed by atoms with E-state index in [1.165, 1.54) is 0 Å². The van der Waals surface area contributed by atoms with E-state index in [1.807, 2.05) is 40.9 Å². The number of methoxy groups -OCH3 is 1. The molecule has 5 heteroatoms. The Balaban J connectivity index is 1.74. The molecule has 0 bridgehead atoms. The van der Waals surface area contributed by atoms with Gasteiger partial charge in [-0.3, -0.25) is 4.79 Å². The smallest absolute Gasteiger partial charge is 0.253 e. The predicted octanol–water partition coefficient (Wildman–Crippen LogP) is 2.27. The van der Waals surface area contributed by atoms with Gasteiger partial charge in [0.15, 0.2) is 0 Å². The number of para-hydroxylation sites is 1. The average molecular weight is 281 g/mol. The van der Waals surface area contributed by atoms with Crippen molar-refractivity contribution in [2.24, 2.45) is 0 Å². The summed E-state index contributed by atoms with van der Waals surface area (Å²) in [6, 6.07) is 11.2. The van der Waals surface area contributed by atoms with Crippen LogP contribution in [0.15, 0.2) is 55.0 Å². The van der Waals surface area contributed by atoms with Crippen LogP contribution >= 0.6 is 0 Å². The summed E-state index contributed by atoms with van der Waals surface area (Å²) in [6.45, 7) is 0.421. The van der Waals surface area contributed by atoms with Crippen molar-refractivity contribution < 1.29 is 9.53 Å². The standard InChI is InChI=1S/C16H15N3O2/c1-21-14-5-3-2-4-12(14)10-18-16(20)13-6-7-15-17-8-9-19(15)11-13/h2-9,11H,10H2,1H3,(H,18,20). The summed E-state index contributed by atoms with van der Waals surface area (Å²) in [5.74, 6) is 0.638. The van der Waals surface area contributed by atoms with E-state index >= 15 is 0 Å². The maximum Gasteiger partial charge on any atom is 0.253 e. The molecule has 21 heavy (non-hydrogen) atoms. The number of rotatable bonds is 4. The van der Waals surface area contributed by atoms with Gasteiger partial charge in [-0.1, -0.05) is 18.2 Å². The van der Waals surface area contributed by atoms with Crippen LogP contribution in [0.25, 0.3) is 5.65 Å². The lowest BCUT2D eigenvalue weighted by atomic mass is 10.2. The number of carbonyl (C=O) groups excluding carboxylic acids is 1. The Morgan fingerprint density at radius 2 is 2.14 bits per heavy atom. The van der Waals surface area contributed by atoms with Gasteiger partial charge in [-0.05, 0) is 18.2 Å². The third kappa shape index (κ3) is 2.72. The highest BCUT2D eigenvalue weighted by Gasteiger charge is 2.08. The molecule has 0 fully saturated rings. The van der Waals surface area contributed by atoms with Crippen LogP contribution in [0.5, 0.6) is 5.75 Å². The number of carbonyl (C=O) groups is 1. The van der Waals surface area contributed by atoms with E-state index in [9.17, 15) is 4.79 Å². The Morgan fingerprint density at radius 3 is 3.00 bits per heavy atom. The van der Waals surface area contributed by atoms with E-state index in [-0.39, 0.29) is 5.91 Å². The van der Waals surface area contributed by atoms with E-state index in [1.54, 1.807) is 25.6 Å². The Hall–Kier alpha value is -2.82. The van der Waals surface area contributed by atoms with Crippen molar-refractivity contribution in [2.75, 3.05) is 7.11 Å². The topological polar surface area (TPSA) is 55.6 Å². The molecule has 1 N–H and O–H groups in total. The molecule has 3 aromatic rings. The van der Waals surface area contributed by atoms with Crippen molar-refractivity contribution in [1.29, 1.82) is 0 Å². The Kier molecular flexibility index (Phi) is 3.55. The number of nitrogens with zero attached hydrogens (tertiary/aromatic N) is 2. The molecular weight excluding hydrogens is 266 g/mol. The predicted molar refractivity (Wildman–Crippen MR) is 79.4 cm³/mol. The van der Waals surface area contributed by atoms with Crippen LogP contribution in [-0.2, 0) is 6.54 Å². The third-order valence-electron chi connectivity index (χ3n) is 3.28. The first kappa shape index (κ1) is 13.2. The molecule has 0 radical (unpaired) electrons. The van der Waals surface area contributed by atoms with Gasteiger partial charge in [0.2, 0.25) is 0 Å². The van der Waals surface area contributed by atoms with Gasteiger partial charge >= 0.3 is 0 Å². The monoisotopic (exact) mass is 281 g/mol. The van der Waals surface area contributed by atoms with Crippen molar-refractivity contribution in [1.82, 2.24) is 14.7 Å². The quantitative estimate of drug-likeness (QED) is 0.798. The van der Waals surface area contributed by atoms with E-state index in [2.05, 4.69) is 10.3 Å². The third-order valence-corrected chi connectivity index (χ3v) is 3.28. The van der Waals surface area contributed by atoms with Gasteiger partial charge in [0.1, 0.15) is 11.4 Å². The summed E-state index contributed by atoms with van der Waals surface area (Å²) >= 11 is 0. The lowest BCUT2D eigenvalue weighted by molar-refractivity contribution is 0.0950. The van der Waals surface area contributed by atoms with E-state index in [4.69, 9.17) is 4.74 Å². The van der Waals surface area contributed by atoms with Gasteiger partial charge < -0.3 is 14.5 Å². The maximum absolute atomic E-state index is 12.2. The van der Waals surface area contributed by atoms with Crippen LogP contribution in [0.3, 0.4) is 0 Å². The largest absolute Gasteiger partial charge is 0.496 e. The zero-order chi connectivity index (χ0) is 14.7. The fraction of sp³-hybridized carbons (Fsp3) is 0.125. The van der Waals surface area contributed by atoms with Crippen LogP contribution in [-0.4, -0.2) is 22.4 Å². The van der Waals surface area contributed by atoms with Gasteiger partial charge in [0.05, 0.1) is 12.7 Å². The first-order chi connectivity index (χ1) is 10.3. The molecule has 0 saturated carbocycles. The number of amides is 1. The number of fused-ring (bicyclic) bond motifs is 1. The van der Waals surface area contributed by atoms with Crippen LogP contribution in [0.4, 0.5) is 0 Å². The SMILES string of the molecule is COc1ccccc1CNC(=O)c1ccc2nccn2c1. The number of pyridine rings is 1. The summed E-state index contributed by atoms with van der Waals surface area (Å²) in [5.41, 5.74) is 2.35. The summed E-state index contributed by atoms with van der Waals surface area (Å²) in [5, 5.41) is 2.89. The first-order valence-corrected chi connectivity index (χ1v) is 6.61. The number of aromatic nitrogens is 2. The van der Waals surface area contributed by atoms with Gasteiger partial charge in [-0.2, -0.15) is 0 Å². The maximum atomic E-state index is 12.2. The molecule has 2 heterocycles. The highest BCUT2D eigenvalue weighted by Crippen LogP contribution is 2.16. The molecule has 0 atom stereocenters. The zero-order valence-electron chi connectivity index (χ0n) is 11.6. The van der Waals surface area contributed by atoms with Crippen molar-refractivity contribution in [3.8, 4) is 5.75 Å². The summed E-state index contributed by atoms with van der Waals surface area (Å²) < 4.78 is 7.08. The lowest BCUT2D eigenvalue weighted by Crippen LogP contribution is -2.23. The molecule has 0 spiro atoms. The molecule has 3 rings (SSSR count). The second kappa shape index (κ2) is 5.66.